The number of imidazole rings is 1. The molecular formula is C20H32N6O2. The lowest BCUT2D eigenvalue weighted by Crippen LogP contribution is -2.44. The van der Waals surface area contributed by atoms with E-state index < -0.39 is 0 Å². The van der Waals surface area contributed by atoms with E-state index in [0.29, 0.717) is 19.6 Å². The lowest BCUT2D eigenvalue weighted by Gasteiger charge is -2.38. The summed E-state index contributed by atoms with van der Waals surface area (Å²) < 4.78 is 9.05. The molecule has 0 spiro atoms. The first kappa shape index (κ1) is 20.5. The monoisotopic (exact) mass is 388 g/mol. The maximum Gasteiger partial charge on any atom is 0.223 e. The Hall–Kier alpha value is -2.19. The molecule has 2 aromatic heterocycles. The fourth-order valence-electron chi connectivity index (χ4n) is 3.98. The molecule has 2 aromatic rings. The Morgan fingerprint density at radius 2 is 2.11 bits per heavy atom. The Kier molecular flexibility index (Phi) is 6.20. The van der Waals surface area contributed by atoms with Crippen LogP contribution in [-0.4, -0.2) is 55.9 Å². The van der Waals surface area contributed by atoms with Crippen LogP contribution in [0.2, 0.25) is 0 Å². The standard InChI is InChI=1S/C20H32N6O2/c1-20(2,3)26-18(27)8-15(9-21-11-17-12-22-14-24(17)4)19(26)16-10-23-25(13-16)6-7-28-5/h10,12-15,19,21H,6-9,11H2,1-5H3/t15-,19+/m0/s1. The van der Waals surface area contributed by atoms with Gasteiger partial charge in [0.1, 0.15) is 0 Å². The van der Waals surface area contributed by atoms with Gasteiger partial charge < -0.3 is 19.5 Å². The van der Waals surface area contributed by atoms with Gasteiger partial charge in [0.15, 0.2) is 0 Å². The number of ether oxygens (including phenoxy) is 1. The van der Waals surface area contributed by atoms with Crippen molar-refractivity contribution in [2.75, 3.05) is 20.3 Å². The van der Waals surface area contributed by atoms with Gasteiger partial charge in [-0.3, -0.25) is 9.48 Å². The van der Waals surface area contributed by atoms with Crippen molar-refractivity contribution < 1.29 is 9.53 Å². The number of methoxy groups -OCH3 is 1. The Labute approximate surface area is 166 Å². The van der Waals surface area contributed by atoms with E-state index in [9.17, 15) is 4.79 Å². The topological polar surface area (TPSA) is 77.2 Å². The van der Waals surface area contributed by atoms with E-state index in [0.717, 1.165) is 24.3 Å². The molecule has 1 aliphatic rings. The van der Waals surface area contributed by atoms with Crippen LogP contribution in [0.1, 0.15) is 44.5 Å². The SMILES string of the molecule is COCCn1cc([C@H]2[C@H](CNCc3cncn3C)CC(=O)N2C(C)(C)C)cn1. The highest BCUT2D eigenvalue weighted by Gasteiger charge is 2.45. The maximum atomic E-state index is 12.9. The van der Waals surface area contributed by atoms with Gasteiger partial charge in [-0.2, -0.15) is 5.10 Å². The molecule has 0 saturated carbocycles. The minimum Gasteiger partial charge on any atom is -0.383 e. The fraction of sp³-hybridized carbons (Fsp3) is 0.650. The first-order valence-corrected chi connectivity index (χ1v) is 9.80. The average Bonchev–Trinajstić information content (AvgIpc) is 3.32. The second-order valence-corrected chi connectivity index (χ2v) is 8.50. The summed E-state index contributed by atoms with van der Waals surface area (Å²) in [5.74, 6) is 0.398. The van der Waals surface area contributed by atoms with Gasteiger partial charge >= 0.3 is 0 Å². The number of carbonyl (C=O) groups excluding carboxylic acids is 1. The van der Waals surface area contributed by atoms with E-state index in [-0.39, 0.29) is 23.4 Å². The Bertz CT molecular complexity index is 791. The number of amides is 1. The predicted octanol–water partition coefficient (Wildman–Crippen LogP) is 1.74. The van der Waals surface area contributed by atoms with Crippen LogP contribution >= 0.6 is 0 Å². The smallest absolute Gasteiger partial charge is 0.223 e. The number of aryl methyl sites for hydroxylation is 1. The molecule has 2 atom stereocenters. The Morgan fingerprint density at radius 3 is 2.75 bits per heavy atom. The third kappa shape index (κ3) is 4.44. The van der Waals surface area contributed by atoms with Gasteiger partial charge in [0, 0.05) is 63.1 Å². The maximum absolute atomic E-state index is 12.9. The van der Waals surface area contributed by atoms with Gasteiger partial charge in [-0.1, -0.05) is 0 Å². The first-order valence-electron chi connectivity index (χ1n) is 9.80. The van der Waals surface area contributed by atoms with Gasteiger partial charge in [-0.05, 0) is 20.8 Å². The van der Waals surface area contributed by atoms with E-state index in [2.05, 4.69) is 42.4 Å². The molecular weight excluding hydrogens is 356 g/mol. The van der Waals surface area contributed by atoms with Crippen molar-refractivity contribution in [3.8, 4) is 0 Å². The van der Waals surface area contributed by atoms with Crippen molar-refractivity contribution in [2.24, 2.45) is 13.0 Å². The first-order chi connectivity index (χ1) is 13.3. The van der Waals surface area contributed by atoms with Crippen LogP contribution in [0.4, 0.5) is 0 Å². The zero-order chi connectivity index (χ0) is 20.3. The summed E-state index contributed by atoms with van der Waals surface area (Å²) in [6, 6.07) is 0.0165. The van der Waals surface area contributed by atoms with Gasteiger partial charge in [-0.25, -0.2) is 4.98 Å². The molecule has 1 fully saturated rings. The summed E-state index contributed by atoms with van der Waals surface area (Å²) >= 11 is 0. The second-order valence-electron chi connectivity index (χ2n) is 8.50. The molecule has 1 N–H and O–H groups in total. The van der Waals surface area contributed by atoms with Crippen LogP contribution in [0.3, 0.4) is 0 Å². The van der Waals surface area contributed by atoms with Gasteiger partial charge in [0.2, 0.25) is 5.91 Å². The molecule has 8 heteroatoms. The van der Waals surface area contributed by atoms with E-state index in [1.54, 1.807) is 13.4 Å². The molecule has 0 radical (unpaired) electrons. The molecule has 1 saturated heterocycles. The van der Waals surface area contributed by atoms with Crippen molar-refractivity contribution in [2.45, 2.75) is 51.9 Å². The van der Waals surface area contributed by atoms with E-state index >= 15 is 0 Å². The van der Waals surface area contributed by atoms with Crippen molar-refractivity contribution >= 4 is 5.91 Å². The summed E-state index contributed by atoms with van der Waals surface area (Å²) in [6.07, 6.45) is 8.16. The third-order valence-corrected chi connectivity index (χ3v) is 5.30. The number of aromatic nitrogens is 4. The van der Waals surface area contributed by atoms with Crippen LogP contribution in [0.15, 0.2) is 24.9 Å². The summed E-state index contributed by atoms with van der Waals surface area (Å²) in [4.78, 5) is 19.1. The van der Waals surface area contributed by atoms with Crippen LogP contribution in [0.25, 0.3) is 0 Å². The Balaban J connectivity index is 1.76. The molecule has 1 aliphatic heterocycles. The summed E-state index contributed by atoms with van der Waals surface area (Å²) in [5.41, 5.74) is 1.97. The number of rotatable bonds is 8. The van der Waals surface area contributed by atoms with Crippen LogP contribution < -0.4 is 5.32 Å². The van der Waals surface area contributed by atoms with Crippen molar-refractivity contribution in [1.29, 1.82) is 0 Å². The van der Waals surface area contributed by atoms with Gasteiger partial charge in [0.05, 0.1) is 37.4 Å². The average molecular weight is 389 g/mol. The van der Waals surface area contributed by atoms with Crippen LogP contribution in [0, 0.1) is 5.92 Å². The fourth-order valence-corrected chi connectivity index (χ4v) is 3.98. The zero-order valence-electron chi connectivity index (χ0n) is 17.6. The lowest BCUT2D eigenvalue weighted by molar-refractivity contribution is -0.133. The van der Waals surface area contributed by atoms with E-state index in [1.807, 2.05) is 33.6 Å². The molecule has 0 bridgehead atoms. The number of nitrogens with one attached hydrogen (secondary N) is 1. The third-order valence-electron chi connectivity index (χ3n) is 5.30. The van der Waals surface area contributed by atoms with Crippen molar-refractivity contribution in [3.63, 3.8) is 0 Å². The van der Waals surface area contributed by atoms with Gasteiger partial charge in [-0.15, -0.1) is 0 Å². The molecule has 0 unspecified atom stereocenters. The van der Waals surface area contributed by atoms with E-state index in [1.165, 1.54) is 0 Å². The highest BCUT2D eigenvalue weighted by atomic mass is 16.5. The normalized spacial score (nSPS) is 20.3. The van der Waals surface area contributed by atoms with Gasteiger partial charge in [0.25, 0.3) is 0 Å². The molecule has 3 heterocycles. The molecule has 1 amide bonds. The molecule has 3 rings (SSSR count). The van der Waals surface area contributed by atoms with Crippen molar-refractivity contribution in [1.82, 2.24) is 29.5 Å². The lowest BCUT2D eigenvalue weighted by atomic mass is 9.93. The summed E-state index contributed by atoms with van der Waals surface area (Å²) in [7, 11) is 3.67. The number of carbonyl (C=O) groups is 1. The minimum absolute atomic E-state index is 0.0165. The summed E-state index contributed by atoms with van der Waals surface area (Å²) in [5, 5.41) is 7.99. The Morgan fingerprint density at radius 1 is 1.32 bits per heavy atom. The highest BCUT2D eigenvalue weighted by molar-refractivity contribution is 5.80. The van der Waals surface area contributed by atoms with E-state index in [4.69, 9.17) is 4.74 Å². The molecule has 154 valence electrons. The second kappa shape index (κ2) is 8.45. The molecule has 0 aliphatic carbocycles. The zero-order valence-corrected chi connectivity index (χ0v) is 17.6. The number of hydrogen-bond donors (Lipinski definition) is 1. The van der Waals surface area contributed by atoms with Crippen molar-refractivity contribution in [3.05, 3.63) is 36.2 Å². The highest BCUT2D eigenvalue weighted by Crippen LogP contribution is 2.42. The van der Waals surface area contributed by atoms with Crippen LogP contribution in [0.5, 0.6) is 0 Å². The number of nitrogens with zero attached hydrogens (tertiary/aromatic N) is 5. The minimum atomic E-state index is -0.243. The van der Waals surface area contributed by atoms with Crippen LogP contribution in [-0.2, 0) is 29.7 Å². The molecule has 0 aromatic carbocycles. The quantitative estimate of drug-likeness (QED) is 0.745. The predicted molar refractivity (Wildman–Crippen MR) is 106 cm³/mol. The largest absolute Gasteiger partial charge is 0.383 e. The number of likely N-dealkylation sites (tertiary alicyclic amines) is 1. The molecule has 28 heavy (non-hydrogen) atoms. The number of hydrogen-bond acceptors (Lipinski definition) is 5. The molecule has 8 nitrogen and oxygen atoms in total. The summed E-state index contributed by atoms with van der Waals surface area (Å²) in [6.45, 7) is 9.10.